The maximum absolute atomic E-state index is 12.8. The van der Waals surface area contributed by atoms with Gasteiger partial charge in [-0.3, -0.25) is 14.1 Å². The minimum atomic E-state index is -3.67. The molecule has 1 fully saturated rings. The number of hydrogen-bond acceptors (Lipinski definition) is 6. The van der Waals surface area contributed by atoms with Crippen molar-refractivity contribution in [2.75, 3.05) is 39.0 Å². The second-order valence-corrected chi connectivity index (χ2v) is 10.0. The third-order valence-corrected chi connectivity index (χ3v) is 6.08. The zero-order chi connectivity index (χ0) is 24.7. The number of amides is 1. The third kappa shape index (κ3) is 7.38. The van der Waals surface area contributed by atoms with E-state index < -0.39 is 10.1 Å². The van der Waals surface area contributed by atoms with E-state index in [9.17, 15) is 18.0 Å². The highest BCUT2D eigenvalue weighted by Gasteiger charge is 2.28. The van der Waals surface area contributed by atoms with Gasteiger partial charge in [0.15, 0.2) is 0 Å². The minimum Gasteiger partial charge on any atom is -0.426 e. The molecule has 4 rings (SSSR count). The number of piperazine rings is 1. The lowest BCUT2D eigenvalue weighted by Crippen LogP contribution is -2.48. The molecule has 1 aliphatic heterocycles. The number of benzene rings is 2. The average molecular weight is 489 g/mol. The smallest absolute Gasteiger partial charge is 0.318 e. The van der Waals surface area contributed by atoms with Crippen LogP contribution in [0.2, 0.25) is 0 Å². The number of likely N-dealkylation sites (N-methyl/N-ethyl adjacent to an activating group) is 1. The van der Waals surface area contributed by atoms with Gasteiger partial charge in [-0.15, -0.1) is 0 Å². The molecule has 0 saturated carbocycles. The first-order chi connectivity index (χ1) is 16.2. The Hall–Kier alpha value is -2.75. The van der Waals surface area contributed by atoms with E-state index in [1.165, 1.54) is 5.56 Å². The molecule has 1 aliphatic carbocycles. The quantitative estimate of drug-likeness (QED) is 0.401. The van der Waals surface area contributed by atoms with Gasteiger partial charge in [0.25, 0.3) is 16.0 Å². The molecule has 184 valence electrons. The molecular formula is C25H32N2O6S. The highest BCUT2D eigenvalue weighted by Crippen LogP contribution is 2.32. The molecule has 8 nitrogen and oxygen atoms in total. The van der Waals surface area contributed by atoms with Crippen LogP contribution < -0.4 is 4.74 Å². The highest BCUT2D eigenvalue weighted by molar-refractivity contribution is 7.85. The standard InChI is InChI=1S/C24H28N2O3.CH4O3S/c1-2-25-14-16-26(17-15-25)23(27)19-10-12-20(13-11-19)29-24(28)22-9-5-7-18-6-3-4-8-21(18)22;1-5(2,3)4/h3-4,6,8,10-13,22H,2,5,7,9,14-17H2,1H3;1H3,(H,2,3,4). The number of rotatable bonds is 4. The first-order valence-corrected chi connectivity index (χ1v) is 13.3. The second-order valence-electron chi connectivity index (χ2n) is 8.55. The summed E-state index contributed by atoms with van der Waals surface area (Å²) in [5.74, 6) is 0.105. The number of fused-ring (bicyclic) bond motifs is 1. The zero-order valence-electron chi connectivity index (χ0n) is 19.6. The lowest BCUT2D eigenvalue weighted by atomic mass is 9.83. The summed E-state index contributed by atoms with van der Waals surface area (Å²) in [4.78, 5) is 29.7. The van der Waals surface area contributed by atoms with Gasteiger partial charge in [0, 0.05) is 31.7 Å². The van der Waals surface area contributed by atoms with Crippen LogP contribution in [-0.4, -0.2) is 73.6 Å². The van der Waals surface area contributed by atoms with Crippen molar-refractivity contribution in [2.45, 2.75) is 32.1 Å². The van der Waals surface area contributed by atoms with Crippen molar-refractivity contribution < 1.29 is 27.3 Å². The van der Waals surface area contributed by atoms with E-state index in [-0.39, 0.29) is 17.8 Å². The summed E-state index contributed by atoms with van der Waals surface area (Å²) in [6.07, 6.45) is 3.54. The Kier molecular flexibility index (Phi) is 8.82. The van der Waals surface area contributed by atoms with Crippen molar-refractivity contribution >= 4 is 22.0 Å². The number of aryl methyl sites for hydroxylation is 1. The number of hydrogen-bond donors (Lipinski definition) is 1. The molecular weight excluding hydrogens is 456 g/mol. The van der Waals surface area contributed by atoms with Gasteiger partial charge in [-0.05, 0) is 61.2 Å². The molecule has 0 spiro atoms. The Bertz CT molecular complexity index is 1080. The van der Waals surface area contributed by atoms with Gasteiger partial charge < -0.3 is 14.5 Å². The fourth-order valence-corrected chi connectivity index (χ4v) is 4.30. The molecule has 0 bridgehead atoms. The summed E-state index contributed by atoms with van der Waals surface area (Å²) in [7, 11) is -3.67. The predicted molar refractivity (Wildman–Crippen MR) is 130 cm³/mol. The summed E-state index contributed by atoms with van der Waals surface area (Å²) < 4.78 is 31.5. The SMILES string of the molecule is CCN1CCN(C(=O)c2ccc(OC(=O)C3CCCc4ccccc43)cc2)CC1.CS(=O)(=O)O. The summed E-state index contributed by atoms with van der Waals surface area (Å²) >= 11 is 0. The van der Waals surface area contributed by atoms with E-state index in [0.29, 0.717) is 17.6 Å². The lowest BCUT2D eigenvalue weighted by molar-refractivity contribution is -0.136. The van der Waals surface area contributed by atoms with E-state index in [2.05, 4.69) is 17.9 Å². The van der Waals surface area contributed by atoms with Crippen LogP contribution in [0.15, 0.2) is 48.5 Å². The van der Waals surface area contributed by atoms with Crippen molar-refractivity contribution in [2.24, 2.45) is 0 Å². The number of ether oxygens (including phenoxy) is 1. The Morgan fingerprint density at radius 2 is 1.65 bits per heavy atom. The van der Waals surface area contributed by atoms with Crippen LogP contribution in [0.3, 0.4) is 0 Å². The zero-order valence-corrected chi connectivity index (χ0v) is 20.5. The minimum absolute atomic E-state index is 0.0415. The monoisotopic (exact) mass is 488 g/mol. The Morgan fingerprint density at radius 1 is 1.03 bits per heavy atom. The van der Waals surface area contributed by atoms with E-state index in [1.807, 2.05) is 23.1 Å². The normalized spacial score (nSPS) is 18.3. The van der Waals surface area contributed by atoms with Crippen LogP contribution in [0, 0.1) is 0 Å². The van der Waals surface area contributed by atoms with Gasteiger partial charge >= 0.3 is 5.97 Å². The third-order valence-electron chi connectivity index (χ3n) is 6.08. The summed E-state index contributed by atoms with van der Waals surface area (Å²) in [5.41, 5.74) is 2.96. The number of esters is 1. The van der Waals surface area contributed by atoms with Crippen molar-refractivity contribution in [3.8, 4) is 5.75 Å². The van der Waals surface area contributed by atoms with E-state index >= 15 is 0 Å². The molecule has 9 heteroatoms. The van der Waals surface area contributed by atoms with Crippen molar-refractivity contribution in [1.82, 2.24) is 9.80 Å². The largest absolute Gasteiger partial charge is 0.426 e. The molecule has 1 saturated heterocycles. The van der Waals surface area contributed by atoms with Crippen LogP contribution in [-0.2, 0) is 21.3 Å². The number of nitrogens with zero attached hydrogens (tertiary/aromatic N) is 2. The molecule has 1 heterocycles. The molecule has 0 radical (unpaired) electrons. The maximum atomic E-state index is 12.8. The first-order valence-electron chi connectivity index (χ1n) is 11.5. The maximum Gasteiger partial charge on any atom is 0.318 e. The van der Waals surface area contributed by atoms with E-state index in [4.69, 9.17) is 9.29 Å². The van der Waals surface area contributed by atoms with Gasteiger partial charge in [0.2, 0.25) is 0 Å². The molecule has 1 amide bonds. The Morgan fingerprint density at radius 3 is 2.26 bits per heavy atom. The number of carbonyl (C=O) groups excluding carboxylic acids is 2. The van der Waals surface area contributed by atoms with E-state index in [0.717, 1.165) is 57.5 Å². The van der Waals surface area contributed by atoms with E-state index in [1.54, 1.807) is 24.3 Å². The summed E-state index contributed by atoms with van der Waals surface area (Å²) in [6, 6.07) is 15.1. The second kappa shape index (κ2) is 11.6. The molecule has 0 aromatic heterocycles. The lowest BCUT2D eigenvalue weighted by Gasteiger charge is -2.34. The van der Waals surface area contributed by atoms with Gasteiger partial charge in [0.1, 0.15) is 5.75 Å². The molecule has 2 aliphatic rings. The van der Waals surface area contributed by atoms with Crippen LogP contribution in [0.5, 0.6) is 5.75 Å². The first kappa shape index (κ1) is 25.9. The molecule has 1 N–H and O–H groups in total. The predicted octanol–water partition coefficient (Wildman–Crippen LogP) is 2.99. The molecule has 1 atom stereocenters. The molecule has 2 aromatic carbocycles. The molecule has 34 heavy (non-hydrogen) atoms. The Labute approximate surface area is 201 Å². The van der Waals surface area contributed by atoms with Crippen LogP contribution in [0.25, 0.3) is 0 Å². The van der Waals surface area contributed by atoms with Crippen molar-refractivity contribution in [3.63, 3.8) is 0 Å². The highest BCUT2D eigenvalue weighted by atomic mass is 32.2. The number of carbonyl (C=O) groups is 2. The van der Waals surface area contributed by atoms with Gasteiger partial charge in [0.05, 0.1) is 12.2 Å². The van der Waals surface area contributed by atoms with Crippen LogP contribution in [0.1, 0.15) is 47.2 Å². The summed E-state index contributed by atoms with van der Waals surface area (Å²) in [5, 5.41) is 0. The molecule has 1 unspecified atom stereocenters. The van der Waals surface area contributed by atoms with Crippen molar-refractivity contribution in [1.29, 1.82) is 0 Å². The van der Waals surface area contributed by atoms with Gasteiger partial charge in [-0.2, -0.15) is 8.42 Å². The summed E-state index contributed by atoms with van der Waals surface area (Å²) in [6.45, 7) is 6.51. The fourth-order valence-electron chi connectivity index (χ4n) is 4.30. The molecule has 2 aromatic rings. The van der Waals surface area contributed by atoms with Gasteiger partial charge in [-0.1, -0.05) is 31.2 Å². The average Bonchev–Trinajstić information content (AvgIpc) is 2.82. The fraction of sp³-hybridized carbons (Fsp3) is 0.440. The van der Waals surface area contributed by atoms with Crippen LogP contribution in [0.4, 0.5) is 0 Å². The Balaban J connectivity index is 0.000000588. The van der Waals surface area contributed by atoms with Crippen LogP contribution >= 0.6 is 0 Å². The van der Waals surface area contributed by atoms with Crippen molar-refractivity contribution in [3.05, 3.63) is 65.2 Å². The van der Waals surface area contributed by atoms with Gasteiger partial charge in [-0.25, -0.2) is 0 Å². The topological polar surface area (TPSA) is 104 Å².